The van der Waals surface area contributed by atoms with Crippen molar-refractivity contribution in [3.63, 3.8) is 0 Å². The van der Waals surface area contributed by atoms with Crippen LogP contribution in [0.5, 0.6) is 0 Å². The van der Waals surface area contributed by atoms with Crippen LogP contribution in [0.2, 0.25) is 0 Å². The molecule has 0 unspecified atom stereocenters. The Kier molecular flexibility index (Phi) is 4.90. The molecule has 0 spiro atoms. The maximum Gasteiger partial charge on any atom is 0.251 e. The average molecular weight is 344 g/mol. The largest absolute Gasteiger partial charge is 0.351 e. The Morgan fingerprint density at radius 1 is 1.32 bits per heavy atom. The van der Waals surface area contributed by atoms with Crippen LogP contribution in [-0.4, -0.2) is 35.3 Å². The predicted octanol–water partition coefficient (Wildman–Crippen LogP) is 2.75. The first-order valence-electron chi connectivity index (χ1n) is 8.70. The van der Waals surface area contributed by atoms with Crippen LogP contribution in [0.15, 0.2) is 24.3 Å². The Morgan fingerprint density at radius 2 is 2.04 bits per heavy atom. The third-order valence-corrected chi connectivity index (χ3v) is 4.93. The van der Waals surface area contributed by atoms with Gasteiger partial charge in [0.2, 0.25) is 0 Å². The summed E-state index contributed by atoms with van der Waals surface area (Å²) in [5.74, 6) is -0.689. The van der Waals surface area contributed by atoms with Crippen molar-refractivity contribution in [2.45, 2.75) is 33.6 Å². The standard InChI is InChI=1S/C19H25FN4O/c1-13-10-14(2)24(23-13)17-5-4-15(11-16(17)20)18(25)22-12-19(3)6-8-21-9-7-19/h4-5,10-11,21H,6-9,12H2,1-3H3,(H,22,25). The van der Waals surface area contributed by atoms with Gasteiger partial charge in [-0.25, -0.2) is 9.07 Å². The van der Waals surface area contributed by atoms with Gasteiger partial charge in [0, 0.05) is 17.8 Å². The van der Waals surface area contributed by atoms with Crippen molar-refractivity contribution in [1.82, 2.24) is 20.4 Å². The molecule has 0 atom stereocenters. The van der Waals surface area contributed by atoms with Crippen molar-refractivity contribution in [2.75, 3.05) is 19.6 Å². The molecular weight excluding hydrogens is 319 g/mol. The highest BCUT2D eigenvalue weighted by Crippen LogP contribution is 2.27. The van der Waals surface area contributed by atoms with Gasteiger partial charge >= 0.3 is 0 Å². The Labute approximate surface area is 147 Å². The van der Waals surface area contributed by atoms with Crippen LogP contribution in [0.3, 0.4) is 0 Å². The van der Waals surface area contributed by atoms with Gasteiger partial charge in [-0.3, -0.25) is 4.79 Å². The second-order valence-electron chi connectivity index (χ2n) is 7.25. The van der Waals surface area contributed by atoms with Gasteiger partial charge in [-0.1, -0.05) is 6.92 Å². The molecule has 1 aromatic carbocycles. The van der Waals surface area contributed by atoms with E-state index in [9.17, 15) is 9.18 Å². The lowest BCUT2D eigenvalue weighted by atomic mass is 9.81. The summed E-state index contributed by atoms with van der Waals surface area (Å²) in [6, 6.07) is 6.43. The molecule has 3 rings (SSSR count). The number of amides is 1. The number of piperidine rings is 1. The molecule has 6 heteroatoms. The van der Waals surface area contributed by atoms with Crippen molar-refractivity contribution in [2.24, 2.45) is 5.41 Å². The second kappa shape index (κ2) is 6.96. The van der Waals surface area contributed by atoms with Crippen LogP contribution in [0.25, 0.3) is 5.69 Å². The first-order valence-corrected chi connectivity index (χ1v) is 8.70. The van der Waals surface area contributed by atoms with Crippen LogP contribution in [-0.2, 0) is 0 Å². The van der Waals surface area contributed by atoms with E-state index in [4.69, 9.17) is 0 Å². The monoisotopic (exact) mass is 344 g/mol. The quantitative estimate of drug-likeness (QED) is 0.897. The number of halogens is 1. The molecule has 2 aromatic rings. The van der Waals surface area contributed by atoms with E-state index in [1.165, 1.54) is 6.07 Å². The van der Waals surface area contributed by atoms with Gasteiger partial charge in [0.05, 0.1) is 5.69 Å². The zero-order valence-corrected chi connectivity index (χ0v) is 15.0. The maximum atomic E-state index is 14.5. The minimum absolute atomic E-state index is 0.100. The molecular formula is C19H25FN4O. The lowest BCUT2D eigenvalue weighted by Crippen LogP contribution is -2.42. The van der Waals surface area contributed by atoms with Crippen LogP contribution < -0.4 is 10.6 Å². The molecule has 0 aliphatic carbocycles. The van der Waals surface area contributed by atoms with Gasteiger partial charge in [0.1, 0.15) is 11.5 Å². The van der Waals surface area contributed by atoms with Crippen molar-refractivity contribution < 1.29 is 9.18 Å². The molecule has 1 aliphatic heterocycles. The molecule has 0 radical (unpaired) electrons. The number of carbonyl (C=O) groups is 1. The Bertz CT molecular complexity index is 778. The van der Waals surface area contributed by atoms with Crippen molar-refractivity contribution in [3.05, 3.63) is 47.0 Å². The number of hydrogen-bond donors (Lipinski definition) is 2. The highest BCUT2D eigenvalue weighted by Gasteiger charge is 2.27. The molecule has 1 amide bonds. The number of rotatable bonds is 4. The highest BCUT2D eigenvalue weighted by molar-refractivity contribution is 5.94. The molecule has 1 aliphatic rings. The van der Waals surface area contributed by atoms with E-state index in [1.807, 2.05) is 19.9 Å². The molecule has 0 bridgehead atoms. The van der Waals surface area contributed by atoms with E-state index >= 15 is 0 Å². The van der Waals surface area contributed by atoms with Crippen LogP contribution in [0, 0.1) is 25.1 Å². The minimum atomic E-state index is -0.452. The molecule has 1 aromatic heterocycles. The zero-order valence-electron chi connectivity index (χ0n) is 15.0. The highest BCUT2D eigenvalue weighted by atomic mass is 19.1. The number of benzene rings is 1. The average Bonchev–Trinajstić information content (AvgIpc) is 2.91. The van der Waals surface area contributed by atoms with Gasteiger partial charge in [-0.15, -0.1) is 0 Å². The van der Waals surface area contributed by atoms with E-state index in [2.05, 4.69) is 22.7 Å². The molecule has 2 heterocycles. The summed E-state index contributed by atoms with van der Waals surface area (Å²) in [4.78, 5) is 12.4. The number of aromatic nitrogens is 2. The molecule has 25 heavy (non-hydrogen) atoms. The molecule has 134 valence electrons. The third kappa shape index (κ3) is 3.90. The Morgan fingerprint density at radius 3 is 2.64 bits per heavy atom. The normalized spacial score (nSPS) is 16.6. The predicted molar refractivity (Wildman–Crippen MR) is 95.5 cm³/mol. The van der Waals surface area contributed by atoms with E-state index in [0.29, 0.717) is 17.8 Å². The summed E-state index contributed by atoms with van der Waals surface area (Å²) < 4.78 is 16.1. The van der Waals surface area contributed by atoms with Gasteiger partial charge in [-0.2, -0.15) is 5.10 Å². The smallest absolute Gasteiger partial charge is 0.251 e. The minimum Gasteiger partial charge on any atom is -0.351 e. The number of carbonyl (C=O) groups excluding carboxylic acids is 1. The fourth-order valence-electron chi connectivity index (χ4n) is 3.30. The number of hydrogen-bond acceptors (Lipinski definition) is 3. The fraction of sp³-hybridized carbons (Fsp3) is 0.474. The molecule has 2 N–H and O–H groups in total. The van der Waals surface area contributed by atoms with Gasteiger partial charge in [-0.05, 0) is 69.5 Å². The first-order chi connectivity index (χ1) is 11.9. The molecule has 1 fully saturated rings. The van der Waals surface area contributed by atoms with Crippen molar-refractivity contribution in [1.29, 1.82) is 0 Å². The summed E-state index contributed by atoms with van der Waals surface area (Å²) in [5.41, 5.74) is 2.47. The Hall–Kier alpha value is -2.21. The molecule has 5 nitrogen and oxygen atoms in total. The van der Waals surface area contributed by atoms with Crippen LogP contribution in [0.1, 0.15) is 41.5 Å². The first kappa shape index (κ1) is 17.6. The van der Waals surface area contributed by atoms with Crippen LogP contribution in [0.4, 0.5) is 4.39 Å². The molecule has 0 saturated carbocycles. The number of aryl methyl sites for hydroxylation is 2. The van der Waals surface area contributed by atoms with Crippen molar-refractivity contribution >= 4 is 5.91 Å². The number of nitrogens with zero attached hydrogens (tertiary/aromatic N) is 2. The van der Waals surface area contributed by atoms with E-state index in [-0.39, 0.29) is 11.3 Å². The lowest BCUT2D eigenvalue weighted by Gasteiger charge is -2.34. The third-order valence-electron chi connectivity index (χ3n) is 4.93. The summed E-state index contributed by atoms with van der Waals surface area (Å²) in [5, 5.41) is 10.6. The van der Waals surface area contributed by atoms with Crippen molar-refractivity contribution in [3.8, 4) is 5.69 Å². The summed E-state index contributed by atoms with van der Waals surface area (Å²) in [6.45, 7) is 8.47. The van der Waals surface area contributed by atoms with E-state index in [0.717, 1.165) is 37.3 Å². The zero-order chi connectivity index (χ0) is 18.0. The number of nitrogens with one attached hydrogen (secondary N) is 2. The lowest BCUT2D eigenvalue weighted by molar-refractivity contribution is 0.0922. The summed E-state index contributed by atoms with van der Waals surface area (Å²) >= 11 is 0. The van der Waals surface area contributed by atoms with Gasteiger partial charge in [0.15, 0.2) is 0 Å². The van der Waals surface area contributed by atoms with E-state index < -0.39 is 5.82 Å². The van der Waals surface area contributed by atoms with Gasteiger partial charge in [0.25, 0.3) is 5.91 Å². The summed E-state index contributed by atoms with van der Waals surface area (Å²) in [7, 11) is 0. The topological polar surface area (TPSA) is 59.0 Å². The van der Waals surface area contributed by atoms with Gasteiger partial charge < -0.3 is 10.6 Å². The second-order valence-corrected chi connectivity index (χ2v) is 7.25. The fourth-order valence-corrected chi connectivity index (χ4v) is 3.30. The SMILES string of the molecule is Cc1cc(C)n(-c2ccc(C(=O)NCC3(C)CCNCC3)cc2F)n1. The maximum absolute atomic E-state index is 14.5. The Balaban J connectivity index is 1.71. The molecule has 1 saturated heterocycles. The summed E-state index contributed by atoms with van der Waals surface area (Å²) in [6.07, 6.45) is 2.05. The van der Waals surface area contributed by atoms with Crippen LogP contribution >= 0.6 is 0 Å². The van der Waals surface area contributed by atoms with E-state index in [1.54, 1.807) is 16.8 Å².